The SMILES string of the molecule is O=C(NS(=O)(=O)c1cc2c(c([N+](=O)[O-])c1)O[C@H](CN1CCOCC1)CO2)c1ccc(N2CCC3(CC2)CC(N2CCC[C@H]2c2ccccc2C2CC2)C3)cc1Oc1cnc2[nH]ccc2c1. The van der Waals surface area contributed by atoms with Crippen molar-refractivity contribution in [2.24, 2.45) is 5.41 Å². The third-order valence-electron chi connectivity index (χ3n) is 14.5. The van der Waals surface area contributed by atoms with E-state index in [9.17, 15) is 23.3 Å². The first-order valence-corrected chi connectivity index (χ1v) is 24.4. The van der Waals surface area contributed by atoms with E-state index in [1.165, 1.54) is 51.3 Å². The van der Waals surface area contributed by atoms with E-state index in [2.05, 4.69) is 53.7 Å². The molecule has 2 aromatic heterocycles. The number of nitrogens with zero attached hydrogens (tertiary/aromatic N) is 5. The van der Waals surface area contributed by atoms with Crippen molar-refractivity contribution in [3.8, 4) is 23.0 Å². The fraction of sp³-hybridized carbons (Fsp3) is 0.458. The van der Waals surface area contributed by atoms with Gasteiger partial charge in [0.05, 0.1) is 34.8 Å². The summed E-state index contributed by atoms with van der Waals surface area (Å²) in [4.78, 5) is 39.9. The second-order valence-corrected chi connectivity index (χ2v) is 20.3. The second kappa shape index (κ2) is 16.9. The zero-order valence-electron chi connectivity index (χ0n) is 36.2. The number of anilines is 1. The van der Waals surface area contributed by atoms with Gasteiger partial charge in [0.1, 0.15) is 29.9 Å². The standard InChI is InChI=1S/C48H53N7O9S/c56-47(51-65(59,60)37-24-42(55(57)58)45-44(25-37)62-30-36(64-45)29-52-18-20-61-21-19-52)40-10-9-33(23-43(40)63-35-22-32-11-14-49-46(32)50-28-35)53-16-12-48(13-17-53)26-34(27-48)54-15-3-6-41(54)39-5-2-1-4-38(39)31-7-8-31/h1-2,4-5,9-11,14,22-25,28,31,34,36,41H,3,6-8,12-13,15-21,26-27,29-30H2,(H,49,50)(H,51,56)/t36-,41+/m1/s1. The van der Waals surface area contributed by atoms with Gasteiger partial charge in [-0.15, -0.1) is 0 Å². The van der Waals surface area contributed by atoms with Crippen LogP contribution in [0.3, 0.4) is 0 Å². The molecule has 0 radical (unpaired) electrons. The number of hydrogen-bond acceptors (Lipinski definition) is 13. The van der Waals surface area contributed by atoms with Crippen LogP contribution in [-0.4, -0.2) is 110 Å². The molecule has 0 bridgehead atoms. The van der Waals surface area contributed by atoms with E-state index < -0.39 is 37.5 Å². The van der Waals surface area contributed by atoms with Crippen LogP contribution in [0.2, 0.25) is 0 Å². The average molecular weight is 904 g/mol. The minimum absolute atomic E-state index is 0.0387. The molecule has 5 aromatic rings. The van der Waals surface area contributed by atoms with Crippen LogP contribution in [0.5, 0.6) is 23.0 Å². The molecule has 340 valence electrons. The molecule has 1 spiro atoms. The predicted molar refractivity (Wildman–Crippen MR) is 242 cm³/mol. The smallest absolute Gasteiger partial charge is 0.316 e. The van der Waals surface area contributed by atoms with E-state index in [4.69, 9.17) is 18.9 Å². The molecule has 3 saturated heterocycles. The lowest BCUT2D eigenvalue weighted by molar-refractivity contribution is -0.386. The molecule has 16 nitrogen and oxygen atoms in total. The van der Waals surface area contributed by atoms with E-state index in [1.807, 2.05) is 12.1 Å². The summed E-state index contributed by atoms with van der Waals surface area (Å²) < 4.78 is 53.6. The summed E-state index contributed by atoms with van der Waals surface area (Å²) >= 11 is 0. The van der Waals surface area contributed by atoms with Gasteiger partial charge in [0.15, 0.2) is 5.75 Å². The van der Waals surface area contributed by atoms with Crippen molar-refractivity contribution < 1.29 is 37.1 Å². The summed E-state index contributed by atoms with van der Waals surface area (Å²) in [6, 6.07) is 21.1. The number of rotatable bonds is 12. The number of ether oxygens (including phenoxy) is 4. The number of likely N-dealkylation sites (tertiary alicyclic amines) is 1. The van der Waals surface area contributed by atoms with Gasteiger partial charge in [-0.2, -0.15) is 0 Å². The zero-order chi connectivity index (χ0) is 44.3. The molecule has 3 aromatic carbocycles. The molecule has 0 unspecified atom stereocenters. The highest BCUT2D eigenvalue weighted by Gasteiger charge is 2.50. The van der Waals surface area contributed by atoms with Gasteiger partial charge in [0.25, 0.3) is 15.9 Å². The zero-order valence-corrected chi connectivity index (χ0v) is 37.0. The summed E-state index contributed by atoms with van der Waals surface area (Å²) in [6.45, 7) is 5.90. The van der Waals surface area contributed by atoms with Gasteiger partial charge in [0, 0.05) is 80.3 Å². The van der Waals surface area contributed by atoms with Crippen LogP contribution in [0.25, 0.3) is 11.0 Å². The summed E-state index contributed by atoms with van der Waals surface area (Å²) in [5.74, 6) is 0.0196. The summed E-state index contributed by atoms with van der Waals surface area (Å²) in [5, 5.41) is 13.1. The van der Waals surface area contributed by atoms with Gasteiger partial charge in [-0.1, -0.05) is 24.3 Å². The maximum absolute atomic E-state index is 14.1. The number of nitro groups is 1. The Bertz CT molecular complexity index is 2740. The van der Waals surface area contributed by atoms with Crippen molar-refractivity contribution in [3.63, 3.8) is 0 Å². The van der Waals surface area contributed by atoms with Crippen molar-refractivity contribution in [2.75, 3.05) is 64.0 Å². The number of aromatic nitrogens is 2. The first-order valence-electron chi connectivity index (χ1n) is 22.9. The number of nitrogens with one attached hydrogen (secondary N) is 2. The molecule has 4 aliphatic heterocycles. The van der Waals surface area contributed by atoms with Crippen LogP contribution in [0.15, 0.2) is 84.0 Å². The number of hydrogen-bond donors (Lipinski definition) is 2. The van der Waals surface area contributed by atoms with Crippen LogP contribution in [-0.2, 0) is 14.8 Å². The Hall–Kier alpha value is -5.75. The largest absolute Gasteiger partial charge is 0.485 e. The van der Waals surface area contributed by atoms with E-state index in [-0.39, 0.29) is 29.4 Å². The highest BCUT2D eigenvalue weighted by molar-refractivity contribution is 7.90. The van der Waals surface area contributed by atoms with Crippen molar-refractivity contribution in [1.82, 2.24) is 24.5 Å². The van der Waals surface area contributed by atoms with E-state index in [0.29, 0.717) is 61.7 Å². The Morgan fingerprint density at radius 1 is 0.969 bits per heavy atom. The molecule has 5 fully saturated rings. The fourth-order valence-corrected chi connectivity index (χ4v) is 11.9. The summed E-state index contributed by atoms with van der Waals surface area (Å²) in [7, 11) is -4.67. The Balaban J connectivity index is 0.799. The maximum Gasteiger partial charge on any atom is 0.316 e. The summed E-state index contributed by atoms with van der Waals surface area (Å²) in [6.07, 6.45) is 12.4. The highest BCUT2D eigenvalue weighted by atomic mass is 32.2. The maximum atomic E-state index is 14.1. The second-order valence-electron chi connectivity index (χ2n) is 18.6. The first kappa shape index (κ1) is 41.9. The van der Waals surface area contributed by atoms with Gasteiger partial charge < -0.3 is 28.8 Å². The number of H-pyrrole nitrogens is 1. The molecule has 6 heterocycles. The quantitative estimate of drug-likeness (QED) is 0.0940. The number of amides is 1. The molecular weight excluding hydrogens is 851 g/mol. The topological polar surface area (TPSA) is 182 Å². The molecule has 1 amide bonds. The van der Waals surface area contributed by atoms with Crippen LogP contribution >= 0.6 is 0 Å². The van der Waals surface area contributed by atoms with Crippen LogP contribution in [0.1, 0.15) is 84.8 Å². The number of nitro benzene ring substituents is 1. The third kappa shape index (κ3) is 8.39. The molecule has 11 rings (SSSR count). The van der Waals surface area contributed by atoms with Crippen LogP contribution in [0, 0.1) is 15.5 Å². The molecule has 65 heavy (non-hydrogen) atoms. The lowest BCUT2D eigenvalue weighted by atomic mass is 9.59. The Kier molecular flexibility index (Phi) is 10.9. The normalized spacial score (nSPS) is 22.5. The van der Waals surface area contributed by atoms with Crippen molar-refractivity contribution in [3.05, 3.63) is 106 Å². The number of fused-ring (bicyclic) bond motifs is 2. The Labute approximate surface area is 377 Å². The van der Waals surface area contributed by atoms with E-state index >= 15 is 0 Å². The molecule has 2 N–H and O–H groups in total. The number of benzene rings is 3. The van der Waals surface area contributed by atoms with Crippen molar-refractivity contribution in [1.29, 1.82) is 0 Å². The van der Waals surface area contributed by atoms with Crippen molar-refractivity contribution >= 4 is 38.3 Å². The fourth-order valence-electron chi connectivity index (χ4n) is 10.9. The number of carbonyl (C=O) groups excluding carboxylic acids is 1. The summed E-state index contributed by atoms with van der Waals surface area (Å²) in [5.41, 5.74) is 4.33. The molecule has 2 saturated carbocycles. The van der Waals surface area contributed by atoms with Crippen LogP contribution < -0.4 is 23.8 Å². The van der Waals surface area contributed by atoms with Gasteiger partial charge in [-0.3, -0.25) is 24.7 Å². The van der Waals surface area contributed by atoms with Gasteiger partial charge in [-0.25, -0.2) is 18.1 Å². The lowest BCUT2D eigenvalue weighted by Gasteiger charge is -2.56. The minimum atomic E-state index is -4.67. The monoisotopic (exact) mass is 903 g/mol. The highest BCUT2D eigenvalue weighted by Crippen LogP contribution is 2.55. The number of morpholine rings is 1. The average Bonchev–Trinajstić information content (AvgIpc) is 3.85. The molecule has 2 aliphatic carbocycles. The van der Waals surface area contributed by atoms with E-state index in [0.717, 1.165) is 55.1 Å². The molecule has 6 aliphatic rings. The lowest BCUT2D eigenvalue weighted by Crippen LogP contribution is -2.54. The van der Waals surface area contributed by atoms with E-state index in [1.54, 1.807) is 35.5 Å². The molecular formula is C48H53N7O9S. The first-order chi connectivity index (χ1) is 31.6. The number of pyridine rings is 1. The van der Waals surface area contributed by atoms with Crippen molar-refractivity contribution in [2.45, 2.75) is 80.4 Å². The molecule has 2 atom stereocenters. The third-order valence-corrected chi connectivity index (χ3v) is 15.8. The van der Waals surface area contributed by atoms with Crippen LogP contribution in [0.4, 0.5) is 11.4 Å². The van der Waals surface area contributed by atoms with Gasteiger partial charge >= 0.3 is 5.69 Å². The molecule has 17 heteroatoms. The van der Waals surface area contributed by atoms with Gasteiger partial charge in [-0.05, 0) is 105 Å². The number of sulfonamides is 1. The Morgan fingerprint density at radius 2 is 1.77 bits per heavy atom. The minimum Gasteiger partial charge on any atom is -0.485 e. The predicted octanol–water partition coefficient (Wildman–Crippen LogP) is 7.32. The number of aromatic amines is 1. The van der Waals surface area contributed by atoms with Gasteiger partial charge in [0.2, 0.25) is 5.75 Å². The number of piperidine rings is 1. The number of carbonyl (C=O) groups is 1. The Morgan fingerprint density at radius 3 is 2.55 bits per heavy atom.